The van der Waals surface area contributed by atoms with Gasteiger partial charge in [-0.3, -0.25) is 9.69 Å². The van der Waals surface area contributed by atoms with Crippen molar-refractivity contribution in [3.63, 3.8) is 0 Å². The zero-order valence-electron chi connectivity index (χ0n) is 13.8. The van der Waals surface area contributed by atoms with E-state index < -0.39 is 0 Å². The Kier molecular flexibility index (Phi) is 5.28. The summed E-state index contributed by atoms with van der Waals surface area (Å²) < 4.78 is 5.52. The van der Waals surface area contributed by atoms with E-state index in [0.717, 1.165) is 52.0 Å². The number of nitrogens with zero attached hydrogens (tertiary/aromatic N) is 1. The molecule has 122 valence electrons. The fourth-order valence-electron chi connectivity index (χ4n) is 3.53. The number of rotatable bonds is 4. The van der Waals surface area contributed by atoms with Crippen LogP contribution in [0.4, 0.5) is 0 Å². The maximum Gasteiger partial charge on any atom is 0.225 e. The normalized spacial score (nSPS) is 33.6. The fourth-order valence-corrected chi connectivity index (χ4v) is 3.53. The summed E-state index contributed by atoms with van der Waals surface area (Å²) in [6.07, 6.45) is 4.11. The maximum atomic E-state index is 12.4. The highest BCUT2D eigenvalue weighted by Gasteiger charge is 2.37. The van der Waals surface area contributed by atoms with E-state index in [2.05, 4.69) is 24.1 Å². The number of carbonyl (C=O) groups excluding carboxylic acids is 1. The second-order valence-electron chi connectivity index (χ2n) is 7.45. The number of nitrogens with two attached hydrogens (primary N) is 1. The van der Waals surface area contributed by atoms with Gasteiger partial charge in [-0.15, -0.1) is 0 Å². The van der Waals surface area contributed by atoms with Crippen molar-refractivity contribution >= 4 is 5.91 Å². The van der Waals surface area contributed by atoms with Gasteiger partial charge in [-0.2, -0.15) is 0 Å². The molecule has 21 heavy (non-hydrogen) atoms. The summed E-state index contributed by atoms with van der Waals surface area (Å²) in [5.41, 5.74) is 6.00. The average Bonchev–Trinajstić information content (AvgIpc) is 2.39. The molecular weight excluding hydrogens is 266 g/mol. The second kappa shape index (κ2) is 6.63. The minimum Gasteiger partial charge on any atom is -0.378 e. The molecule has 1 aliphatic heterocycles. The molecule has 0 radical (unpaired) electrons. The van der Waals surface area contributed by atoms with Crippen LogP contribution in [0.25, 0.3) is 0 Å². The van der Waals surface area contributed by atoms with E-state index in [-0.39, 0.29) is 22.9 Å². The van der Waals surface area contributed by atoms with Crippen molar-refractivity contribution in [2.75, 3.05) is 32.8 Å². The summed E-state index contributed by atoms with van der Waals surface area (Å²) >= 11 is 0. The summed E-state index contributed by atoms with van der Waals surface area (Å²) in [5, 5.41) is 3.09. The predicted molar refractivity (Wildman–Crippen MR) is 84.0 cm³/mol. The lowest BCUT2D eigenvalue weighted by molar-refractivity contribution is -0.128. The molecule has 0 aromatic carbocycles. The zero-order valence-corrected chi connectivity index (χ0v) is 13.8. The van der Waals surface area contributed by atoms with E-state index in [9.17, 15) is 4.79 Å². The van der Waals surface area contributed by atoms with Crippen LogP contribution >= 0.6 is 0 Å². The standard InChI is InChI=1S/C16H31N3O2/c1-15(2)12-21-11-10-19(15)9-8-18-14(20)13-6-4-5-7-16(13,3)17/h13H,4-12,17H2,1-3H3,(H,18,20). The average molecular weight is 297 g/mol. The van der Waals surface area contributed by atoms with E-state index in [1.165, 1.54) is 0 Å². The number of morpholine rings is 1. The smallest absolute Gasteiger partial charge is 0.225 e. The SMILES string of the molecule is CC1(N)CCCCC1C(=O)NCCN1CCOCC1(C)C. The molecule has 2 atom stereocenters. The van der Waals surface area contributed by atoms with E-state index in [1.54, 1.807) is 0 Å². The van der Waals surface area contributed by atoms with Crippen molar-refractivity contribution in [3.8, 4) is 0 Å². The predicted octanol–water partition coefficient (Wildman–Crippen LogP) is 1.12. The molecule has 3 N–H and O–H groups in total. The van der Waals surface area contributed by atoms with Crippen LogP contribution in [0.2, 0.25) is 0 Å². The summed E-state index contributed by atoms with van der Waals surface area (Å²) in [4.78, 5) is 14.8. The number of nitrogens with one attached hydrogen (secondary N) is 1. The van der Waals surface area contributed by atoms with Crippen molar-refractivity contribution in [2.24, 2.45) is 11.7 Å². The van der Waals surface area contributed by atoms with Gasteiger partial charge in [0.25, 0.3) is 0 Å². The van der Waals surface area contributed by atoms with Crippen molar-refractivity contribution < 1.29 is 9.53 Å². The highest BCUT2D eigenvalue weighted by Crippen LogP contribution is 2.31. The Morgan fingerprint density at radius 1 is 1.38 bits per heavy atom. The van der Waals surface area contributed by atoms with Crippen molar-refractivity contribution in [3.05, 3.63) is 0 Å². The summed E-state index contributed by atoms with van der Waals surface area (Å²) in [5.74, 6) is 0.0923. The van der Waals surface area contributed by atoms with E-state index >= 15 is 0 Å². The molecule has 1 heterocycles. The third kappa shape index (κ3) is 4.18. The van der Waals surface area contributed by atoms with Gasteiger partial charge in [0.2, 0.25) is 5.91 Å². The second-order valence-corrected chi connectivity index (χ2v) is 7.45. The van der Waals surface area contributed by atoms with Gasteiger partial charge in [0.05, 0.1) is 19.1 Å². The highest BCUT2D eigenvalue weighted by atomic mass is 16.5. The topological polar surface area (TPSA) is 67.6 Å². The van der Waals surface area contributed by atoms with E-state index in [0.29, 0.717) is 6.54 Å². The number of ether oxygens (including phenoxy) is 1. The third-order valence-electron chi connectivity index (χ3n) is 5.07. The van der Waals surface area contributed by atoms with Gasteiger partial charge in [0.1, 0.15) is 0 Å². The van der Waals surface area contributed by atoms with E-state index in [1.807, 2.05) is 6.92 Å². The fraction of sp³-hybridized carbons (Fsp3) is 0.938. The molecule has 1 saturated carbocycles. The molecule has 0 aromatic heterocycles. The Morgan fingerprint density at radius 3 is 2.81 bits per heavy atom. The monoisotopic (exact) mass is 297 g/mol. The molecule has 2 unspecified atom stereocenters. The van der Waals surface area contributed by atoms with Crippen LogP contribution in [0.15, 0.2) is 0 Å². The number of carbonyl (C=O) groups is 1. The van der Waals surface area contributed by atoms with Crippen molar-refractivity contribution in [1.29, 1.82) is 0 Å². The van der Waals surface area contributed by atoms with Crippen LogP contribution in [0.3, 0.4) is 0 Å². The lowest BCUT2D eigenvalue weighted by atomic mass is 9.74. The van der Waals surface area contributed by atoms with Gasteiger partial charge in [-0.25, -0.2) is 0 Å². The first-order chi connectivity index (χ1) is 9.83. The van der Waals surface area contributed by atoms with E-state index in [4.69, 9.17) is 10.5 Å². The van der Waals surface area contributed by atoms with Gasteiger partial charge in [-0.1, -0.05) is 12.8 Å². The van der Waals surface area contributed by atoms with Crippen LogP contribution in [-0.4, -0.2) is 54.7 Å². The highest BCUT2D eigenvalue weighted by molar-refractivity contribution is 5.80. The molecule has 0 aromatic rings. The minimum atomic E-state index is -0.347. The molecule has 2 fully saturated rings. The Morgan fingerprint density at radius 2 is 2.14 bits per heavy atom. The number of amides is 1. The molecular formula is C16H31N3O2. The molecule has 1 saturated heterocycles. The molecule has 1 amide bonds. The molecule has 0 bridgehead atoms. The van der Waals surface area contributed by atoms with Gasteiger partial charge in [-0.05, 0) is 33.6 Å². The van der Waals surface area contributed by atoms with Crippen LogP contribution < -0.4 is 11.1 Å². The van der Waals surface area contributed by atoms with Gasteiger partial charge >= 0.3 is 0 Å². The number of hydrogen-bond donors (Lipinski definition) is 2. The minimum absolute atomic E-state index is 0.0380. The van der Waals surface area contributed by atoms with Gasteiger partial charge in [0, 0.05) is 30.7 Å². The summed E-state index contributed by atoms with van der Waals surface area (Å²) in [6, 6.07) is 0. The summed E-state index contributed by atoms with van der Waals surface area (Å²) in [6.45, 7) is 10.4. The first-order valence-electron chi connectivity index (χ1n) is 8.22. The lowest BCUT2D eigenvalue weighted by Gasteiger charge is -2.42. The quantitative estimate of drug-likeness (QED) is 0.816. The first-order valence-corrected chi connectivity index (χ1v) is 8.22. The Hall–Kier alpha value is -0.650. The van der Waals surface area contributed by atoms with Crippen LogP contribution in [0, 0.1) is 5.92 Å². The van der Waals surface area contributed by atoms with Crippen LogP contribution in [-0.2, 0) is 9.53 Å². The molecule has 5 nitrogen and oxygen atoms in total. The van der Waals surface area contributed by atoms with Gasteiger partial charge < -0.3 is 15.8 Å². The molecule has 1 aliphatic carbocycles. The van der Waals surface area contributed by atoms with Crippen LogP contribution in [0.1, 0.15) is 46.5 Å². The third-order valence-corrected chi connectivity index (χ3v) is 5.07. The molecule has 2 rings (SSSR count). The number of hydrogen-bond acceptors (Lipinski definition) is 4. The maximum absolute atomic E-state index is 12.4. The van der Waals surface area contributed by atoms with Gasteiger partial charge in [0.15, 0.2) is 0 Å². The van der Waals surface area contributed by atoms with Crippen molar-refractivity contribution in [1.82, 2.24) is 10.2 Å². The summed E-state index contributed by atoms with van der Waals surface area (Å²) in [7, 11) is 0. The Bertz CT molecular complexity index is 369. The zero-order chi connectivity index (χ0) is 15.5. The Labute approximate surface area is 128 Å². The Balaban J connectivity index is 1.79. The molecule has 0 spiro atoms. The van der Waals surface area contributed by atoms with Crippen molar-refractivity contribution in [2.45, 2.75) is 57.5 Å². The molecule has 2 aliphatic rings. The largest absolute Gasteiger partial charge is 0.378 e. The first kappa shape index (κ1) is 16.7. The lowest BCUT2D eigenvalue weighted by Crippen LogP contribution is -2.56. The molecule has 5 heteroatoms. The van der Waals surface area contributed by atoms with Crippen LogP contribution in [0.5, 0.6) is 0 Å².